The summed E-state index contributed by atoms with van der Waals surface area (Å²) in [5.41, 5.74) is 3.13. The number of amides is 1. The molecule has 1 atom stereocenters. The maximum atomic E-state index is 12.6. The van der Waals surface area contributed by atoms with Crippen molar-refractivity contribution < 1.29 is 27.3 Å². The first-order chi connectivity index (χ1) is 17.2. The van der Waals surface area contributed by atoms with Gasteiger partial charge in [-0.1, -0.05) is 35.9 Å². The first-order valence-electron chi connectivity index (χ1n) is 11.4. The van der Waals surface area contributed by atoms with E-state index in [1.807, 2.05) is 19.1 Å². The molecule has 10 heteroatoms. The molecule has 0 spiro atoms. The van der Waals surface area contributed by atoms with E-state index in [1.165, 1.54) is 31.4 Å². The van der Waals surface area contributed by atoms with Gasteiger partial charge in [0.2, 0.25) is 5.91 Å². The SMILES string of the molecule is COc1ccc(CN2C(=O)CCC2COS(=O)(=O)c2ccc(C)cc2)cc1-c1cccc(N([O-])O)c1. The van der Waals surface area contributed by atoms with Crippen LogP contribution in [0, 0.1) is 12.1 Å². The van der Waals surface area contributed by atoms with Crippen LogP contribution in [-0.4, -0.2) is 44.2 Å². The van der Waals surface area contributed by atoms with Crippen molar-refractivity contribution in [1.82, 2.24) is 4.90 Å². The average Bonchev–Trinajstić information content (AvgIpc) is 3.22. The van der Waals surface area contributed by atoms with Crippen molar-refractivity contribution in [3.05, 3.63) is 83.1 Å². The summed E-state index contributed by atoms with van der Waals surface area (Å²) in [6, 6.07) is 17.9. The molecular formula is C26H27N2O7S-. The summed E-state index contributed by atoms with van der Waals surface area (Å²) in [6.07, 6.45) is 0.794. The third-order valence-corrected chi connectivity index (χ3v) is 7.47. The first kappa shape index (κ1) is 25.6. The molecule has 1 unspecified atom stereocenters. The van der Waals surface area contributed by atoms with Crippen LogP contribution >= 0.6 is 0 Å². The van der Waals surface area contributed by atoms with Gasteiger partial charge in [-0.3, -0.25) is 14.2 Å². The van der Waals surface area contributed by atoms with Crippen molar-refractivity contribution in [3.8, 4) is 16.9 Å². The van der Waals surface area contributed by atoms with Crippen LogP contribution in [-0.2, 0) is 25.6 Å². The molecule has 3 aromatic rings. The number of anilines is 1. The van der Waals surface area contributed by atoms with Gasteiger partial charge in [0.15, 0.2) is 0 Å². The zero-order valence-corrected chi connectivity index (χ0v) is 20.8. The lowest BCUT2D eigenvalue weighted by atomic mass is 10.0. The Morgan fingerprint density at radius 3 is 2.56 bits per heavy atom. The van der Waals surface area contributed by atoms with Crippen molar-refractivity contribution in [2.75, 3.05) is 18.9 Å². The Labute approximate surface area is 210 Å². The van der Waals surface area contributed by atoms with Gasteiger partial charge in [-0.15, -0.1) is 0 Å². The van der Waals surface area contributed by atoms with Crippen LogP contribution in [0.15, 0.2) is 71.6 Å². The second-order valence-corrected chi connectivity index (χ2v) is 10.2. The maximum absolute atomic E-state index is 12.6. The number of carbonyl (C=O) groups excluding carboxylic acids is 1. The lowest BCUT2D eigenvalue weighted by molar-refractivity contribution is -0.129. The molecule has 0 saturated carbocycles. The summed E-state index contributed by atoms with van der Waals surface area (Å²) in [4.78, 5) is 14.3. The van der Waals surface area contributed by atoms with Gasteiger partial charge in [0, 0.05) is 18.5 Å². The number of aryl methyl sites for hydroxylation is 1. The first-order valence-corrected chi connectivity index (χ1v) is 12.8. The highest BCUT2D eigenvalue weighted by Gasteiger charge is 2.32. The number of methoxy groups -OCH3 is 1. The average molecular weight is 512 g/mol. The molecule has 9 nitrogen and oxygen atoms in total. The van der Waals surface area contributed by atoms with Gasteiger partial charge in [0.25, 0.3) is 10.1 Å². The van der Waals surface area contributed by atoms with E-state index in [1.54, 1.807) is 35.2 Å². The number of nitrogens with zero attached hydrogens (tertiary/aromatic N) is 2. The predicted octanol–water partition coefficient (Wildman–Crippen LogP) is 4.26. The van der Waals surface area contributed by atoms with E-state index in [2.05, 4.69) is 0 Å². The van der Waals surface area contributed by atoms with E-state index < -0.39 is 16.2 Å². The Morgan fingerprint density at radius 1 is 1.11 bits per heavy atom. The third-order valence-electron chi connectivity index (χ3n) is 6.17. The van der Waals surface area contributed by atoms with Crippen molar-refractivity contribution >= 4 is 21.7 Å². The lowest BCUT2D eigenvalue weighted by Crippen LogP contribution is -2.36. The highest BCUT2D eigenvalue weighted by molar-refractivity contribution is 7.86. The van der Waals surface area contributed by atoms with Gasteiger partial charge < -0.3 is 20.1 Å². The Hall–Kier alpha value is -3.44. The third kappa shape index (κ3) is 5.68. The molecule has 0 aliphatic carbocycles. The minimum Gasteiger partial charge on any atom is -0.733 e. The zero-order chi connectivity index (χ0) is 25.9. The summed E-state index contributed by atoms with van der Waals surface area (Å²) in [5, 5.41) is 20.4. The molecule has 0 bridgehead atoms. The van der Waals surface area contributed by atoms with E-state index in [0.29, 0.717) is 29.7 Å². The molecule has 1 saturated heterocycles. The Kier molecular flexibility index (Phi) is 7.60. The van der Waals surface area contributed by atoms with E-state index in [4.69, 9.17) is 8.92 Å². The standard InChI is InChI=1S/C26H27N2O7S/c1-18-6-10-23(11-7-18)36(32,33)35-17-22-9-13-26(29)27(22)16-19-8-12-25(34-2)24(14-19)20-4-3-5-21(15-20)28(30)31/h3-8,10-12,14-15,22,30H,9,13,16-17H2,1-2H3/q-1. The molecule has 1 aliphatic heterocycles. The van der Waals surface area contributed by atoms with Gasteiger partial charge in [0.1, 0.15) is 5.75 Å². The fourth-order valence-electron chi connectivity index (χ4n) is 4.19. The molecule has 3 aromatic carbocycles. The van der Waals surface area contributed by atoms with E-state index >= 15 is 0 Å². The molecule has 1 fully saturated rings. The van der Waals surface area contributed by atoms with E-state index in [-0.39, 0.29) is 34.9 Å². The number of carbonyl (C=O) groups is 1. The second-order valence-electron chi connectivity index (χ2n) is 8.62. The highest BCUT2D eigenvalue weighted by Crippen LogP contribution is 2.34. The molecule has 1 N–H and O–H groups in total. The maximum Gasteiger partial charge on any atom is 0.297 e. The second kappa shape index (κ2) is 10.7. The molecule has 190 valence electrons. The van der Waals surface area contributed by atoms with Crippen molar-refractivity contribution in [2.45, 2.75) is 37.2 Å². The monoisotopic (exact) mass is 511 g/mol. The molecule has 1 amide bonds. The minimum atomic E-state index is -3.95. The molecule has 4 rings (SSSR count). The van der Waals surface area contributed by atoms with Crippen LogP contribution in [0.4, 0.5) is 5.69 Å². The number of hydrogen-bond acceptors (Lipinski definition) is 8. The normalized spacial score (nSPS) is 15.8. The summed E-state index contributed by atoms with van der Waals surface area (Å²) in [6.45, 7) is 1.98. The number of likely N-dealkylation sites (tertiary alicyclic amines) is 1. The number of benzene rings is 3. The molecular weight excluding hydrogens is 484 g/mol. The fraction of sp³-hybridized carbons (Fsp3) is 0.269. The van der Waals surface area contributed by atoms with Crippen molar-refractivity contribution in [2.24, 2.45) is 0 Å². The minimum absolute atomic E-state index is 0.0710. The Balaban J connectivity index is 1.53. The zero-order valence-electron chi connectivity index (χ0n) is 20.0. The van der Waals surface area contributed by atoms with Crippen molar-refractivity contribution in [1.29, 1.82) is 0 Å². The van der Waals surface area contributed by atoms with Gasteiger partial charge >= 0.3 is 0 Å². The van der Waals surface area contributed by atoms with Crippen LogP contribution < -0.4 is 9.96 Å². The largest absolute Gasteiger partial charge is 0.733 e. The highest BCUT2D eigenvalue weighted by atomic mass is 32.2. The summed E-state index contributed by atoms with van der Waals surface area (Å²) >= 11 is 0. The van der Waals surface area contributed by atoms with Crippen molar-refractivity contribution in [3.63, 3.8) is 0 Å². The van der Waals surface area contributed by atoms with Crippen LogP contribution in [0.1, 0.15) is 24.0 Å². The number of rotatable bonds is 9. The van der Waals surface area contributed by atoms with E-state index in [9.17, 15) is 23.6 Å². The number of hydrogen-bond donors (Lipinski definition) is 1. The summed E-state index contributed by atoms with van der Waals surface area (Å²) < 4.78 is 36.0. The van der Waals surface area contributed by atoms with Gasteiger partial charge in [0.05, 0.1) is 30.3 Å². The smallest absolute Gasteiger partial charge is 0.297 e. The predicted molar refractivity (Wildman–Crippen MR) is 134 cm³/mol. The van der Waals surface area contributed by atoms with Gasteiger partial charge in [-0.05, 0) is 60.9 Å². The van der Waals surface area contributed by atoms with Gasteiger partial charge in [-0.2, -0.15) is 8.42 Å². The van der Waals surface area contributed by atoms with Crippen LogP contribution in [0.5, 0.6) is 5.75 Å². The number of ether oxygens (including phenoxy) is 1. The Morgan fingerprint density at radius 2 is 1.86 bits per heavy atom. The Bertz CT molecular complexity index is 1340. The lowest BCUT2D eigenvalue weighted by Gasteiger charge is -2.25. The van der Waals surface area contributed by atoms with Crippen LogP contribution in [0.2, 0.25) is 0 Å². The molecule has 0 aromatic heterocycles. The quantitative estimate of drug-likeness (QED) is 0.334. The van der Waals surface area contributed by atoms with Gasteiger partial charge in [-0.25, -0.2) is 0 Å². The summed E-state index contributed by atoms with van der Waals surface area (Å²) in [7, 11) is -2.42. The molecule has 1 heterocycles. The topological polar surface area (TPSA) is 119 Å². The van der Waals surface area contributed by atoms with Crippen LogP contribution in [0.3, 0.4) is 0 Å². The van der Waals surface area contributed by atoms with Crippen LogP contribution in [0.25, 0.3) is 11.1 Å². The molecule has 1 aliphatic rings. The summed E-state index contributed by atoms with van der Waals surface area (Å²) in [5.74, 6) is 0.473. The molecule has 0 radical (unpaired) electrons. The molecule has 36 heavy (non-hydrogen) atoms. The fourth-order valence-corrected chi connectivity index (χ4v) is 5.13. The van der Waals surface area contributed by atoms with E-state index in [0.717, 1.165) is 11.1 Å².